The van der Waals surface area contributed by atoms with E-state index in [1.54, 1.807) is 25.1 Å². The van der Waals surface area contributed by atoms with Crippen molar-refractivity contribution in [3.05, 3.63) is 229 Å². The van der Waals surface area contributed by atoms with Gasteiger partial charge in [0.15, 0.2) is 0 Å². The van der Waals surface area contributed by atoms with E-state index in [0.29, 0.717) is 39.4 Å². The van der Waals surface area contributed by atoms with Gasteiger partial charge in [0.2, 0.25) is 22.1 Å². The van der Waals surface area contributed by atoms with Crippen molar-refractivity contribution in [1.29, 1.82) is 0 Å². The van der Waals surface area contributed by atoms with E-state index in [-0.39, 0.29) is 272 Å². The van der Waals surface area contributed by atoms with E-state index in [2.05, 4.69) is 63.1 Å². The largest absolute Gasteiger partial charge is 1.00 e. The molecule has 3 aliphatic carbocycles. The number of aryl methyl sites for hydroxylation is 9. The fraction of sp³-hybridized carbons (Fsp3) is 0.205. The summed E-state index contributed by atoms with van der Waals surface area (Å²) in [5.74, 6) is -0.0626. The molecule has 0 radical (unpaired) electrons. The third-order valence-electron chi connectivity index (χ3n) is 19.6. The summed E-state index contributed by atoms with van der Waals surface area (Å²) < 4.78 is 285. The molecule has 122 heavy (non-hydrogen) atoms. The molecule has 1 saturated carbocycles. The van der Waals surface area contributed by atoms with Gasteiger partial charge >= 0.3 is 209 Å². The predicted molar refractivity (Wildman–Crippen MR) is 413 cm³/mol. The van der Waals surface area contributed by atoms with Crippen LogP contribution in [0, 0.1) is 87.4 Å². The van der Waals surface area contributed by atoms with Crippen molar-refractivity contribution in [3.8, 4) is 44.9 Å². The summed E-state index contributed by atoms with van der Waals surface area (Å²) in [7, 11) is -35.5. The molecule has 0 bridgehead atoms. The average Bonchev–Trinajstić information content (AvgIpc) is 0.735. The minimum absolute atomic E-state index is 0. The first-order valence-corrected chi connectivity index (χ1v) is 44.3. The second-order valence-electron chi connectivity index (χ2n) is 27.4. The molecule has 2 heterocycles. The van der Waals surface area contributed by atoms with E-state index in [0.717, 1.165) is 101 Å². The second kappa shape index (κ2) is 44.0. The Kier molecular flexibility index (Phi) is 39.5. The number of benzene rings is 10. The molecule has 4 N–H and O–H groups in total. The minimum Gasteiger partial charge on any atom is -0.744 e. The summed E-state index contributed by atoms with van der Waals surface area (Å²) in [6, 6.07) is 43.2. The first kappa shape index (κ1) is 109. The third kappa shape index (κ3) is 25.4. The molecule has 0 atom stereocenters. The van der Waals surface area contributed by atoms with Crippen LogP contribution in [-0.4, -0.2) is 103 Å². The van der Waals surface area contributed by atoms with Crippen molar-refractivity contribution in [2.24, 2.45) is 0 Å². The molecule has 8 aromatic rings. The van der Waals surface area contributed by atoms with E-state index < -0.39 is 112 Å². The van der Waals surface area contributed by atoms with Crippen LogP contribution in [0.5, 0.6) is 0 Å². The van der Waals surface area contributed by atoms with Crippen molar-refractivity contribution in [2.45, 2.75) is 131 Å². The maximum atomic E-state index is 13.6. The number of rotatable bonds is 15. The Bertz CT molecular complexity index is 7070. The molecule has 0 saturated heterocycles. The van der Waals surface area contributed by atoms with Crippen molar-refractivity contribution < 1.29 is 299 Å². The van der Waals surface area contributed by atoms with Crippen LogP contribution < -0.4 is 209 Å². The Morgan fingerprint density at radius 3 is 1.12 bits per heavy atom. The van der Waals surface area contributed by atoms with E-state index in [9.17, 15) is 64.9 Å². The summed E-state index contributed by atoms with van der Waals surface area (Å²) in [6.07, 6.45) is 4.30. The fourth-order valence-electron chi connectivity index (χ4n) is 15.2. The molecule has 0 aromatic heterocycles. The van der Waals surface area contributed by atoms with Gasteiger partial charge in [-0.15, -0.1) is 61.1 Å². The van der Waals surface area contributed by atoms with Gasteiger partial charge in [-0.3, -0.25) is 0 Å². The van der Waals surface area contributed by atoms with Crippen LogP contribution in [0.25, 0.3) is 66.8 Å². The Morgan fingerprint density at radius 1 is 0.393 bits per heavy atom. The van der Waals surface area contributed by atoms with Crippen LogP contribution in [0.3, 0.4) is 0 Å². The number of anilines is 4. The second-order valence-corrected chi connectivity index (χ2v) is 35.3. The zero-order valence-electron chi connectivity index (χ0n) is 68.6. The molecular weight excluding hydrogens is 1800 g/mol. The van der Waals surface area contributed by atoms with Gasteiger partial charge < -0.3 is 42.2 Å². The standard InChI is InChI=1S/C78H69N4O17S5.6Na.3O3S/c1-41-28-42(2)73(43(3)29-41)79-53-22-24-55-63(35-53)98-65-39-61(69(102(89,90)91)37-59(65)71(55)57-18-12-14-20-67(57)100(83,84)85)81-75-47(7)33-52(34-48(75)8)78(26-16-11-17-27-78)51-31-45(5)74(46(6)32-51)80-54-23-25-56-64(36-54)99-66-40-62(82-76-44(4)30-49(9)77(50(76)10)104(95,96)97)70(103(92,93)94)38-60(66)72(56)58-19-13-15-21-68(58)101(86,87)88;;;;;;;3*1-4(2)3/h12-15,18-21,24-25,28,30-40,79-80H,11,16-17,26-27H2,1-10H3,(H,83,84,85)(H,86,87,88)(H,89,90,91)(H,92,93,94)(H,95,96,97);;;;;;;;;/q-3;6*+1;;;/p-3. The van der Waals surface area contributed by atoms with Crippen LogP contribution in [0.4, 0.5) is 34.1 Å². The first-order valence-electron chi connectivity index (χ1n) is 34.3. The topological polar surface area (TPSA) is 518 Å². The van der Waals surface area contributed by atoms with Crippen LogP contribution in [0.1, 0.15) is 98.9 Å². The molecule has 44 heteroatoms. The molecule has 0 unspecified atom stereocenters. The molecule has 608 valence electrons. The summed E-state index contributed by atoms with van der Waals surface area (Å²) in [5, 5.41) is 6.82. The van der Waals surface area contributed by atoms with Crippen molar-refractivity contribution in [2.75, 3.05) is 10.6 Å². The predicted octanol–water partition coefficient (Wildman–Crippen LogP) is -9.90. The maximum Gasteiger partial charge on any atom is 1.00 e. The summed E-state index contributed by atoms with van der Waals surface area (Å²) in [4.78, 5) is 2.85. The first-order chi connectivity index (χ1) is 54.0. The Labute approximate surface area is 841 Å². The summed E-state index contributed by atoms with van der Waals surface area (Å²) in [6.45, 7) is 17.8. The van der Waals surface area contributed by atoms with Crippen LogP contribution in [0.2, 0.25) is 0 Å². The van der Waals surface area contributed by atoms with Gasteiger partial charge in [-0.1, -0.05) is 128 Å². The van der Waals surface area contributed by atoms with E-state index >= 15 is 0 Å². The molecule has 1 fully saturated rings. The minimum atomic E-state index is -5.42. The van der Waals surface area contributed by atoms with Crippen molar-refractivity contribution in [3.63, 3.8) is 0 Å². The molecule has 13 rings (SSSR count). The van der Waals surface area contributed by atoms with Crippen LogP contribution >= 0.6 is 0 Å². The number of hydrogen-bond acceptors (Lipinski definition) is 28. The molecule has 2 aliphatic heterocycles. The van der Waals surface area contributed by atoms with E-state index in [1.165, 1.54) is 74.5 Å². The fourth-order valence-corrected chi connectivity index (χ4v) is 18.7. The molecular formula is C78H66N4Na6O26S8. The van der Waals surface area contributed by atoms with E-state index in [1.807, 2.05) is 54.5 Å². The smallest absolute Gasteiger partial charge is 0.744 e. The number of fused-ring (bicyclic) bond motifs is 4. The van der Waals surface area contributed by atoms with Gasteiger partial charge in [0.05, 0.1) is 26.8 Å². The third-order valence-corrected chi connectivity index (χ3v) is 24.2. The van der Waals surface area contributed by atoms with Gasteiger partial charge in [-0.2, -0.15) is 42.0 Å². The quantitative estimate of drug-likeness (QED) is 0.0320. The van der Waals surface area contributed by atoms with Gasteiger partial charge in [0, 0.05) is 55.6 Å². The summed E-state index contributed by atoms with van der Waals surface area (Å²) in [5.41, 5.74) is 10.7. The summed E-state index contributed by atoms with van der Waals surface area (Å²) >= 11 is 0. The average molecular weight is 1870 g/mol. The number of nitrogens with one attached hydrogen (secondary N) is 4. The van der Waals surface area contributed by atoms with Crippen molar-refractivity contribution in [1.82, 2.24) is 0 Å². The molecule has 8 aromatic carbocycles. The van der Waals surface area contributed by atoms with Gasteiger partial charge in [-0.25, -0.2) is 52.1 Å². The zero-order valence-corrected chi connectivity index (χ0v) is 87.1. The monoisotopic (exact) mass is 1870 g/mol. The van der Waals surface area contributed by atoms with Gasteiger partial charge in [0.25, 0.3) is 0 Å². The molecule has 0 amide bonds. The Morgan fingerprint density at radius 2 is 0.746 bits per heavy atom. The molecule has 0 spiro atoms. The SMILES string of the molecule is Cc1[c-]c(C)c(Nc2[c-]cc3c(-c4ccccc4S(=O)(=O)[O-])c4cc(S(=O)(=O)[O-])c(=[NH+]c5c(C)cc(C6(c7cc(C)c(Nc8[c-]cc9c(-c%10ccccc%10S(=O)(=O)[O-])c%10cc(S(=O)(=O)[O-])c(=[NH+]c%11c(C)cc(C)c(S(=O)(=O)[O-])c%11C)cc-%10oc9c8)c(C)c7)CCCCC6)cc5C)cc-4oc3c2)c(C)c1.O=S(=O)=O.O=S(=O)=O.O=S(=O)=O.[Na+].[Na+].[Na+].[Na+].[Na+].[Na+]. The molecule has 30 nitrogen and oxygen atoms in total. The zero-order chi connectivity index (χ0) is 85.5. The van der Waals surface area contributed by atoms with Gasteiger partial charge in [-0.05, 0) is 143 Å². The molecule has 5 aliphatic rings. The Balaban J connectivity index is 0.00000163. The van der Waals surface area contributed by atoms with Crippen molar-refractivity contribution >= 4 is 138 Å². The van der Waals surface area contributed by atoms with E-state index in [4.69, 9.17) is 46.7 Å². The van der Waals surface area contributed by atoms with Crippen LogP contribution in [-0.2, 0) is 87.8 Å². The van der Waals surface area contributed by atoms with Crippen LogP contribution in [0.15, 0.2) is 167 Å². The maximum absolute atomic E-state index is 13.6. The Hall–Kier alpha value is -4.85. The number of hydrogen-bond donors (Lipinski definition) is 4. The van der Waals surface area contributed by atoms with Gasteiger partial charge in [0.1, 0.15) is 71.9 Å². The normalized spacial score (nSPS) is 12.8.